The van der Waals surface area contributed by atoms with E-state index >= 15 is 0 Å². The van der Waals surface area contributed by atoms with Crippen LogP contribution in [0.25, 0.3) is 0 Å². The van der Waals surface area contributed by atoms with Gasteiger partial charge in [0, 0.05) is 0 Å². The molecule has 0 spiro atoms. The van der Waals surface area contributed by atoms with Crippen LogP contribution in [0.5, 0.6) is 11.5 Å². The van der Waals surface area contributed by atoms with Crippen molar-refractivity contribution < 1.29 is 23.0 Å². The molecule has 2 aromatic rings. The maximum Gasteiger partial charge on any atom is 0.258 e. The third-order valence-corrected chi connectivity index (χ3v) is 3.33. The van der Waals surface area contributed by atoms with E-state index in [0.29, 0.717) is 17.9 Å². The number of nitrogens with one attached hydrogen (secondary N) is 1. The van der Waals surface area contributed by atoms with Gasteiger partial charge in [0.1, 0.15) is 11.5 Å². The third kappa shape index (κ3) is 4.94. The highest BCUT2D eigenvalue weighted by molar-refractivity contribution is 5.78. The van der Waals surface area contributed by atoms with Gasteiger partial charge in [-0.2, -0.15) is 0 Å². The van der Waals surface area contributed by atoms with E-state index < -0.39 is 17.7 Å². The Labute approximate surface area is 139 Å². The normalized spacial score (nSPS) is 11.7. The van der Waals surface area contributed by atoms with Crippen molar-refractivity contribution in [2.45, 2.75) is 19.9 Å². The predicted octanol–water partition coefficient (Wildman–Crippen LogP) is 3.62. The second-order valence-corrected chi connectivity index (χ2v) is 5.16. The minimum Gasteiger partial charge on any atom is -0.494 e. The van der Waals surface area contributed by atoms with Crippen LogP contribution in [0, 0.1) is 11.6 Å². The molecule has 0 aliphatic rings. The van der Waals surface area contributed by atoms with Crippen LogP contribution in [0.15, 0.2) is 42.5 Å². The summed E-state index contributed by atoms with van der Waals surface area (Å²) < 4.78 is 36.8. The lowest BCUT2D eigenvalue weighted by molar-refractivity contribution is -0.123. The number of hydrogen-bond acceptors (Lipinski definition) is 3. The number of benzene rings is 2. The first kappa shape index (κ1) is 17.7. The van der Waals surface area contributed by atoms with Crippen molar-refractivity contribution in [2.75, 3.05) is 13.2 Å². The number of rotatable bonds is 7. The first-order valence-electron chi connectivity index (χ1n) is 7.59. The van der Waals surface area contributed by atoms with Crippen LogP contribution < -0.4 is 14.8 Å². The second kappa shape index (κ2) is 8.29. The van der Waals surface area contributed by atoms with E-state index in [4.69, 9.17) is 9.47 Å². The fraction of sp³-hybridized carbons (Fsp3) is 0.278. The van der Waals surface area contributed by atoms with Gasteiger partial charge in [-0.05, 0) is 55.8 Å². The van der Waals surface area contributed by atoms with Gasteiger partial charge >= 0.3 is 0 Å². The molecule has 6 heteroatoms. The summed E-state index contributed by atoms with van der Waals surface area (Å²) in [7, 11) is 0. The monoisotopic (exact) mass is 335 g/mol. The number of amides is 1. The zero-order chi connectivity index (χ0) is 17.5. The molecule has 0 saturated heterocycles. The average Bonchev–Trinajstić information content (AvgIpc) is 2.57. The molecule has 1 N–H and O–H groups in total. The van der Waals surface area contributed by atoms with Gasteiger partial charge in [0.15, 0.2) is 18.2 Å². The molecule has 2 aromatic carbocycles. The summed E-state index contributed by atoms with van der Waals surface area (Å²) in [6.45, 7) is 3.97. The number of halogens is 2. The zero-order valence-corrected chi connectivity index (χ0v) is 13.5. The molecule has 1 unspecified atom stereocenters. The van der Waals surface area contributed by atoms with E-state index in [-0.39, 0.29) is 12.5 Å². The largest absolute Gasteiger partial charge is 0.494 e. The molecule has 24 heavy (non-hydrogen) atoms. The minimum absolute atomic E-state index is 0.179. The first-order valence-corrected chi connectivity index (χ1v) is 7.59. The van der Waals surface area contributed by atoms with Crippen molar-refractivity contribution in [1.82, 2.24) is 5.32 Å². The quantitative estimate of drug-likeness (QED) is 0.841. The highest BCUT2D eigenvalue weighted by Gasteiger charge is 2.12. The van der Waals surface area contributed by atoms with Crippen LogP contribution in [0.1, 0.15) is 25.5 Å². The van der Waals surface area contributed by atoms with E-state index in [1.165, 1.54) is 6.07 Å². The Morgan fingerprint density at radius 1 is 1.04 bits per heavy atom. The summed E-state index contributed by atoms with van der Waals surface area (Å²) in [5.41, 5.74) is 0.475. The van der Waals surface area contributed by atoms with Gasteiger partial charge in [0.25, 0.3) is 5.91 Å². The molecule has 0 bridgehead atoms. The van der Waals surface area contributed by atoms with Crippen molar-refractivity contribution in [1.29, 1.82) is 0 Å². The molecule has 0 fully saturated rings. The molecule has 0 aliphatic heterocycles. The third-order valence-electron chi connectivity index (χ3n) is 3.33. The fourth-order valence-corrected chi connectivity index (χ4v) is 2.10. The second-order valence-electron chi connectivity index (χ2n) is 5.16. The Hall–Kier alpha value is -2.63. The maximum absolute atomic E-state index is 13.2. The topological polar surface area (TPSA) is 47.6 Å². The van der Waals surface area contributed by atoms with Crippen LogP contribution in [0.3, 0.4) is 0 Å². The van der Waals surface area contributed by atoms with Crippen molar-refractivity contribution in [3.05, 3.63) is 59.7 Å². The molecule has 0 heterocycles. The lowest BCUT2D eigenvalue weighted by atomic mass is 10.1. The van der Waals surface area contributed by atoms with E-state index in [0.717, 1.165) is 17.9 Å². The fourth-order valence-electron chi connectivity index (χ4n) is 2.10. The van der Waals surface area contributed by atoms with E-state index in [1.54, 1.807) is 31.2 Å². The molecule has 2 rings (SSSR count). The molecule has 0 aliphatic carbocycles. The van der Waals surface area contributed by atoms with Crippen LogP contribution in [-0.2, 0) is 4.79 Å². The summed E-state index contributed by atoms with van der Waals surface area (Å²) in [5, 5.41) is 2.67. The molecular weight excluding hydrogens is 316 g/mol. The molecule has 4 nitrogen and oxygen atoms in total. The van der Waals surface area contributed by atoms with E-state index in [1.807, 2.05) is 6.92 Å². The summed E-state index contributed by atoms with van der Waals surface area (Å²) in [6.07, 6.45) is 0. The molecule has 0 radical (unpaired) electrons. The molecule has 0 saturated carbocycles. The van der Waals surface area contributed by atoms with Gasteiger partial charge in [0.2, 0.25) is 0 Å². The van der Waals surface area contributed by atoms with Gasteiger partial charge in [-0.25, -0.2) is 8.78 Å². The Balaban J connectivity index is 1.84. The van der Waals surface area contributed by atoms with Crippen LogP contribution in [0.2, 0.25) is 0 Å². The minimum atomic E-state index is -0.945. The molecule has 1 atom stereocenters. The summed E-state index contributed by atoms with van der Waals surface area (Å²) >= 11 is 0. The molecule has 128 valence electrons. The SMILES string of the molecule is CCOc1ccc(OCC(=O)NC(C)c2ccc(F)c(F)c2)cc1. The smallest absolute Gasteiger partial charge is 0.258 e. The van der Waals surface area contributed by atoms with E-state index in [9.17, 15) is 13.6 Å². The van der Waals surface area contributed by atoms with Crippen molar-refractivity contribution >= 4 is 5.91 Å². The number of ether oxygens (including phenoxy) is 2. The maximum atomic E-state index is 13.2. The Morgan fingerprint density at radius 2 is 1.67 bits per heavy atom. The van der Waals surface area contributed by atoms with Crippen molar-refractivity contribution in [3.63, 3.8) is 0 Å². The predicted molar refractivity (Wildman–Crippen MR) is 86.0 cm³/mol. The van der Waals surface area contributed by atoms with Crippen LogP contribution in [0.4, 0.5) is 8.78 Å². The van der Waals surface area contributed by atoms with E-state index in [2.05, 4.69) is 5.32 Å². The molecular formula is C18H19F2NO3. The van der Waals surface area contributed by atoms with Gasteiger partial charge in [0.05, 0.1) is 12.6 Å². The van der Waals surface area contributed by atoms with Crippen molar-refractivity contribution in [3.8, 4) is 11.5 Å². The lowest BCUT2D eigenvalue weighted by Crippen LogP contribution is -2.31. The number of hydrogen-bond donors (Lipinski definition) is 1. The highest BCUT2D eigenvalue weighted by Crippen LogP contribution is 2.18. The Bertz CT molecular complexity index is 689. The number of carbonyl (C=O) groups excluding carboxylic acids is 1. The first-order chi connectivity index (χ1) is 11.5. The highest BCUT2D eigenvalue weighted by atomic mass is 19.2. The van der Waals surface area contributed by atoms with Gasteiger partial charge in [-0.15, -0.1) is 0 Å². The Kier molecular flexibility index (Phi) is 6.12. The van der Waals surface area contributed by atoms with Gasteiger partial charge in [-0.3, -0.25) is 4.79 Å². The van der Waals surface area contributed by atoms with Crippen LogP contribution >= 0.6 is 0 Å². The molecule has 0 aromatic heterocycles. The van der Waals surface area contributed by atoms with Crippen molar-refractivity contribution in [2.24, 2.45) is 0 Å². The van der Waals surface area contributed by atoms with Gasteiger partial charge in [-0.1, -0.05) is 6.07 Å². The van der Waals surface area contributed by atoms with Crippen LogP contribution in [-0.4, -0.2) is 19.1 Å². The Morgan fingerprint density at radius 3 is 2.25 bits per heavy atom. The average molecular weight is 335 g/mol. The zero-order valence-electron chi connectivity index (χ0n) is 13.5. The standard InChI is InChI=1S/C18H19F2NO3/c1-3-23-14-5-7-15(8-6-14)24-11-18(22)21-12(2)13-4-9-16(19)17(20)10-13/h4-10,12H,3,11H2,1-2H3,(H,21,22). The number of carbonyl (C=O) groups is 1. The summed E-state index contributed by atoms with van der Waals surface area (Å²) in [6, 6.07) is 9.97. The summed E-state index contributed by atoms with van der Waals surface area (Å²) in [4.78, 5) is 11.9. The van der Waals surface area contributed by atoms with Gasteiger partial charge < -0.3 is 14.8 Å². The lowest BCUT2D eigenvalue weighted by Gasteiger charge is -2.15. The molecule has 1 amide bonds. The summed E-state index contributed by atoms with van der Waals surface area (Å²) in [5.74, 6) is -0.966.